The SMILES string of the molecule is COc1cccc(C(N)C2(N3CCCC3)CCCC2)c1. The van der Waals surface area contributed by atoms with Gasteiger partial charge in [0.2, 0.25) is 0 Å². The molecule has 0 spiro atoms. The molecule has 3 nitrogen and oxygen atoms in total. The third kappa shape index (κ3) is 2.33. The third-order valence-electron chi connectivity index (χ3n) is 5.24. The molecule has 0 radical (unpaired) electrons. The van der Waals surface area contributed by atoms with E-state index in [0.29, 0.717) is 0 Å². The Balaban J connectivity index is 1.90. The molecule has 2 N–H and O–H groups in total. The molecule has 1 aromatic carbocycles. The van der Waals surface area contributed by atoms with Gasteiger partial charge in [-0.05, 0) is 56.5 Å². The van der Waals surface area contributed by atoms with E-state index in [9.17, 15) is 0 Å². The topological polar surface area (TPSA) is 38.5 Å². The summed E-state index contributed by atoms with van der Waals surface area (Å²) in [5, 5.41) is 0. The maximum Gasteiger partial charge on any atom is 0.119 e. The van der Waals surface area contributed by atoms with Crippen molar-refractivity contribution in [1.82, 2.24) is 4.90 Å². The molecule has 1 heterocycles. The Hall–Kier alpha value is -1.06. The van der Waals surface area contributed by atoms with Crippen LogP contribution in [0.3, 0.4) is 0 Å². The number of benzene rings is 1. The van der Waals surface area contributed by atoms with Gasteiger partial charge in [0, 0.05) is 11.6 Å². The maximum atomic E-state index is 6.74. The summed E-state index contributed by atoms with van der Waals surface area (Å²) in [5.74, 6) is 0.910. The van der Waals surface area contributed by atoms with Crippen molar-refractivity contribution in [2.24, 2.45) is 5.73 Å². The van der Waals surface area contributed by atoms with Gasteiger partial charge in [0.05, 0.1) is 7.11 Å². The molecule has 1 atom stereocenters. The molecule has 1 aliphatic heterocycles. The quantitative estimate of drug-likeness (QED) is 0.917. The van der Waals surface area contributed by atoms with E-state index in [1.54, 1.807) is 7.11 Å². The minimum Gasteiger partial charge on any atom is -0.497 e. The molecule has 20 heavy (non-hydrogen) atoms. The highest BCUT2D eigenvalue weighted by Crippen LogP contribution is 2.45. The van der Waals surface area contributed by atoms with Gasteiger partial charge in [0.15, 0.2) is 0 Å². The molecule has 110 valence electrons. The molecule has 1 aromatic rings. The van der Waals surface area contributed by atoms with E-state index in [1.165, 1.54) is 57.2 Å². The molecule has 1 saturated carbocycles. The first-order valence-corrected chi connectivity index (χ1v) is 7.91. The number of hydrogen-bond acceptors (Lipinski definition) is 3. The lowest BCUT2D eigenvalue weighted by Crippen LogP contribution is -2.52. The smallest absolute Gasteiger partial charge is 0.119 e. The molecule has 0 aromatic heterocycles. The summed E-state index contributed by atoms with van der Waals surface area (Å²) in [5.41, 5.74) is 8.15. The van der Waals surface area contributed by atoms with Crippen LogP contribution in [-0.2, 0) is 0 Å². The predicted molar refractivity (Wildman–Crippen MR) is 81.9 cm³/mol. The standard InChI is InChI=1S/C17H26N2O/c1-20-15-8-6-7-14(13-15)16(18)17(9-2-3-10-17)19-11-4-5-12-19/h6-8,13,16H,2-5,9-12,18H2,1H3. The minimum atomic E-state index is 0.0956. The van der Waals surface area contributed by atoms with Crippen LogP contribution in [0.5, 0.6) is 5.75 Å². The Bertz CT molecular complexity index is 448. The molecule has 3 heteroatoms. The van der Waals surface area contributed by atoms with Gasteiger partial charge in [-0.3, -0.25) is 4.90 Å². The highest BCUT2D eigenvalue weighted by atomic mass is 16.5. The van der Waals surface area contributed by atoms with E-state index in [-0.39, 0.29) is 11.6 Å². The lowest BCUT2D eigenvalue weighted by atomic mass is 9.82. The predicted octanol–water partition coefficient (Wildman–Crippen LogP) is 3.10. The molecule has 1 aliphatic carbocycles. The average Bonchev–Trinajstić information content (AvgIpc) is 3.18. The van der Waals surface area contributed by atoms with Crippen LogP contribution >= 0.6 is 0 Å². The van der Waals surface area contributed by atoms with Crippen molar-refractivity contribution in [3.8, 4) is 5.75 Å². The van der Waals surface area contributed by atoms with Crippen LogP contribution < -0.4 is 10.5 Å². The van der Waals surface area contributed by atoms with Gasteiger partial charge in [-0.25, -0.2) is 0 Å². The number of likely N-dealkylation sites (tertiary alicyclic amines) is 1. The Morgan fingerprint density at radius 3 is 2.50 bits per heavy atom. The van der Waals surface area contributed by atoms with E-state index in [2.05, 4.69) is 23.1 Å². The van der Waals surface area contributed by atoms with E-state index >= 15 is 0 Å². The fourth-order valence-electron chi connectivity index (χ4n) is 4.12. The Morgan fingerprint density at radius 2 is 1.85 bits per heavy atom. The van der Waals surface area contributed by atoms with Crippen molar-refractivity contribution in [3.05, 3.63) is 29.8 Å². The van der Waals surface area contributed by atoms with Crippen molar-refractivity contribution in [2.45, 2.75) is 50.1 Å². The number of nitrogens with zero attached hydrogens (tertiary/aromatic N) is 1. The van der Waals surface area contributed by atoms with Crippen LogP contribution in [0.2, 0.25) is 0 Å². The van der Waals surface area contributed by atoms with Gasteiger partial charge in [0.1, 0.15) is 5.75 Å². The van der Waals surface area contributed by atoms with Crippen LogP contribution in [-0.4, -0.2) is 30.6 Å². The highest BCUT2D eigenvalue weighted by Gasteiger charge is 2.45. The van der Waals surface area contributed by atoms with Gasteiger partial charge >= 0.3 is 0 Å². The third-order valence-corrected chi connectivity index (χ3v) is 5.24. The van der Waals surface area contributed by atoms with Crippen LogP contribution in [0.4, 0.5) is 0 Å². The summed E-state index contributed by atoms with van der Waals surface area (Å²) in [6.07, 6.45) is 7.76. The van der Waals surface area contributed by atoms with Crippen molar-refractivity contribution in [1.29, 1.82) is 0 Å². The zero-order chi connectivity index (χ0) is 14.0. The molecule has 3 rings (SSSR count). The van der Waals surface area contributed by atoms with Gasteiger partial charge in [-0.2, -0.15) is 0 Å². The fourth-order valence-corrected chi connectivity index (χ4v) is 4.12. The average molecular weight is 274 g/mol. The number of hydrogen-bond donors (Lipinski definition) is 1. The van der Waals surface area contributed by atoms with E-state index in [0.717, 1.165) is 5.75 Å². The number of rotatable bonds is 4. The highest BCUT2D eigenvalue weighted by molar-refractivity contribution is 5.32. The van der Waals surface area contributed by atoms with Crippen LogP contribution in [0, 0.1) is 0 Å². The summed E-state index contributed by atoms with van der Waals surface area (Å²) < 4.78 is 5.36. The molecule has 0 amide bonds. The molecule has 1 unspecified atom stereocenters. The van der Waals surface area contributed by atoms with Gasteiger partial charge in [0.25, 0.3) is 0 Å². The minimum absolute atomic E-state index is 0.0956. The molecule has 2 fully saturated rings. The second kappa shape index (κ2) is 5.74. The Morgan fingerprint density at radius 1 is 1.15 bits per heavy atom. The largest absolute Gasteiger partial charge is 0.497 e. The van der Waals surface area contributed by atoms with Crippen LogP contribution in [0.1, 0.15) is 50.1 Å². The first-order chi connectivity index (χ1) is 9.76. The van der Waals surface area contributed by atoms with Gasteiger partial charge < -0.3 is 10.5 Å². The normalized spacial score (nSPS) is 23.9. The number of nitrogens with two attached hydrogens (primary N) is 1. The lowest BCUT2D eigenvalue weighted by Gasteiger charge is -2.43. The lowest BCUT2D eigenvalue weighted by molar-refractivity contribution is 0.0921. The van der Waals surface area contributed by atoms with E-state index in [1.807, 2.05) is 6.07 Å². The number of ether oxygens (including phenoxy) is 1. The Kier molecular flexibility index (Phi) is 3.99. The van der Waals surface area contributed by atoms with Crippen LogP contribution in [0.25, 0.3) is 0 Å². The zero-order valence-electron chi connectivity index (χ0n) is 12.5. The molecule has 2 aliphatic rings. The van der Waals surface area contributed by atoms with Gasteiger partial charge in [-0.1, -0.05) is 25.0 Å². The number of methoxy groups -OCH3 is 1. The summed E-state index contributed by atoms with van der Waals surface area (Å²) in [7, 11) is 1.72. The molecule has 0 bridgehead atoms. The summed E-state index contributed by atoms with van der Waals surface area (Å²) in [6, 6.07) is 8.41. The van der Waals surface area contributed by atoms with E-state index in [4.69, 9.17) is 10.5 Å². The second-order valence-electron chi connectivity index (χ2n) is 6.26. The molecular formula is C17H26N2O. The van der Waals surface area contributed by atoms with E-state index < -0.39 is 0 Å². The fraction of sp³-hybridized carbons (Fsp3) is 0.647. The first-order valence-electron chi connectivity index (χ1n) is 7.91. The Labute approximate surface area is 122 Å². The van der Waals surface area contributed by atoms with Crippen molar-refractivity contribution >= 4 is 0 Å². The summed E-state index contributed by atoms with van der Waals surface area (Å²) in [6.45, 7) is 2.44. The first kappa shape index (κ1) is 13.9. The zero-order valence-corrected chi connectivity index (χ0v) is 12.5. The van der Waals surface area contributed by atoms with Crippen molar-refractivity contribution in [3.63, 3.8) is 0 Å². The summed E-state index contributed by atoms with van der Waals surface area (Å²) in [4.78, 5) is 2.67. The van der Waals surface area contributed by atoms with Gasteiger partial charge in [-0.15, -0.1) is 0 Å². The van der Waals surface area contributed by atoms with Crippen molar-refractivity contribution < 1.29 is 4.74 Å². The van der Waals surface area contributed by atoms with Crippen LogP contribution in [0.15, 0.2) is 24.3 Å². The van der Waals surface area contributed by atoms with Crippen molar-refractivity contribution in [2.75, 3.05) is 20.2 Å². The molecular weight excluding hydrogens is 248 g/mol. The second-order valence-corrected chi connectivity index (χ2v) is 6.26. The molecule has 1 saturated heterocycles. The maximum absolute atomic E-state index is 6.74. The monoisotopic (exact) mass is 274 g/mol. The summed E-state index contributed by atoms with van der Waals surface area (Å²) >= 11 is 0.